The van der Waals surface area contributed by atoms with Crippen molar-refractivity contribution < 1.29 is 14.6 Å². The lowest BCUT2D eigenvalue weighted by atomic mass is 10.1. The van der Waals surface area contributed by atoms with E-state index in [2.05, 4.69) is 0 Å². The first kappa shape index (κ1) is 16.9. The molecule has 0 saturated heterocycles. The van der Waals surface area contributed by atoms with Crippen LogP contribution >= 0.6 is 34.8 Å². The minimum atomic E-state index is -1.07. The van der Waals surface area contributed by atoms with Crippen molar-refractivity contribution in [3.63, 3.8) is 0 Å². The number of carboxylic acids is 1. The van der Waals surface area contributed by atoms with Gasteiger partial charge in [0, 0.05) is 21.5 Å². The number of aliphatic carboxylic acids is 1. The number of ether oxygens (including phenoxy) is 1. The number of carboxylic acid groups (broad SMARTS) is 1. The average molecular weight is 360 g/mol. The molecule has 22 heavy (non-hydrogen) atoms. The molecule has 0 aromatic heterocycles. The molecule has 2 aromatic rings. The van der Waals surface area contributed by atoms with Crippen molar-refractivity contribution >= 4 is 40.8 Å². The zero-order chi connectivity index (χ0) is 16.3. The van der Waals surface area contributed by atoms with Gasteiger partial charge in [0.05, 0.1) is 0 Å². The Balaban J connectivity index is 2.19. The van der Waals surface area contributed by atoms with Crippen molar-refractivity contribution in [2.24, 2.45) is 0 Å². The molecule has 0 aliphatic carbocycles. The second-order valence-electron chi connectivity index (χ2n) is 4.80. The monoisotopic (exact) mass is 358 g/mol. The van der Waals surface area contributed by atoms with Gasteiger partial charge in [0.25, 0.3) is 0 Å². The normalized spacial score (nSPS) is 12.0. The molecular formula is C16H13Cl3O3. The summed E-state index contributed by atoms with van der Waals surface area (Å²) < 4.78 is 5.55. The van der Waals surface area contributed by atoms with Gasteiger partial charge >= 0.3 is 5.97 Å². The SMILES string of the molecule is Cc1cc(OC(Cc2ccc(Cl)cc2Cl)C(=O)O)ccc1Cl. The Kier molecular flexibility index (Phi) is 5.57. The van der Waals surface area contributed by atoms with Crippen LogP contribution in [0.25, 0.3) is 0 Å². The molecule has 0 saturated carbocycles. The van der Waals surface area contributed by atoms with Crippen molar-refractivity contribution in [1.82, 2.24) is 0 Å². The van der Waals surface area contributed by atoms with Gasteiger partial charge in [-0.3, -0.25) is 0 Å². The van der Waals surface area contributed by atoms with E-state index in [4.69, 9.17) is 39.5 Å². The van der Waals surface area contributed by atoms with E-state index in [-0.39, 0.29) is 6.42 Å². The Hall–Kier alpha value is -1.42. The molecule has 0 aliphatic rings. The molecule has 0 spiro atoms. The fraction of sp³-hybridized carbons (Fsp3) is 0.188. The van der Waals surface area contributed by atoms with Gasteiger partial charge in [-0.05, 0) is 48.4 Å². The predicted molar refractivity (Wildman–Crippen MR) is 88.4 cm³/mol. The summed E-state index contributed by atoms with van der Waals surface area (Å²) in [5.41, 5.74) is 1.47. The Bertz CT molecular complexity index is 701. The molecule has 0 amide bonds. The maximum Gasteiger partial charge on any atom is 0.345 e. The highest BCUT2D eigenvalue weighted by Gasteiger charge is 2.21. The Morgan fingerprint density at radius 1 is 1.14 bits per heavy atom. The van der Waals surface area contributed by atoms with Crippen LogP contribution in [-0.4, -0.2) is 17.2 Å². The fourth-order valence-corrected chi connectivity index (χ4v) is 2.52. The first-order valence-corrected chi connectivity index (χ1v) is 7.59. The highest BCUT2D eigenvalue weighted by Crippen LogP contribution is 2.25. The summed E-state index contributed by atoms with van der Waals surface area (Å²) in [6.45, 7) is 1.82. The molecule has 6 heteroatoms. The molecule has 1 unspecified atom stereocenters. The predicted octanol–water partition coefficient (Wildman–Crippen LogP) is 5.03. The van der Waals surface area contributed by atoms with Crippen LogP contribution < -0.4 is 4.74 Å². The standard InChI is InChI=1S/C16H13Cl3O3/c1-9-6-12(4-5-13(9)18)22-15(16(20)21)7-10-2-3-11(17)8-14(10)19/h2-6,8,15H,7H2,1H3,(H,20,21). The van der Waals surface area contributed by atoms with Crippen LogP contribution in [0.2, 0.25) is 15.1 Å². The van der Waals surface area contributed by atoms with Gasteiger partial charge in [0.2, 0.25) is 0 Å². The largest absolute Gasteiger partial charge is 0.478 e. The van der Waals surface area contributed by atoms with E-state index >= 15 is 0 Å². The molecule has 0 bridgehead atoms. The third kappa shape index (κ3) is 4.29. The maximum absolute atomic E-state index is 11.4. The fourth-order valence-electron chi connectivity index (χ4n) is 1.92. The minimum Gasteiger partial charge on any atom is -0.478 e. The van der Waals surface area contributed by atoms with Gasteiger partial charge in [-0.25, -0.2) is 4.79 Å². The average Bonchev–Trinajstić information content (AvgIpc) is 2.44. The second kappa shape index (κ2) is 7.23. The third-order valence-corrected chi connectivity index (χ3v) is 4.11. The molecule has 3 nitrogen and oxygen atoms in total. The number of benzene rings is 2. The van der Waals surface area contributed by atoms with Gasteiger partial charge in [-0.1, -0.05) is 40.9 Å². The number of carbonyl (C=O) groups is 1. The first-order valence-electron chi connectivity index (χ1n) is 6.46. The van der Waals surface area contributed by atoms with Crippen LogP contribution in [0, 0.1) is 6.92 Å². The summed E-state index contributed by atoms with van der Waals surface area (Å²) >= 11 is 17.9. The highest BCUT2D eigenvalue weighted by atomic mass is 35.5. The van der Waals surface area contributed by atoms with Crippen molar-refractivity contribution in [2.45, 2.75) is 19.4 Å². The summed E-state index contributed by atoms with van der Waals surface area (Å²) in [4.78, 5) is 11.4. The summed E-state index contributed by atoms with van der Waals surface area (Å²) in [7, 11) is 0. The number of halogens is 3. The van der Waals surface area contributed by atoms with E-state index in [0.29, 0.717) is 26.4 Å². The molecular weight excluding hydrogens is 347 g/mol. The van der Waals surface area contributed by atoms with Crippen molar-refractivity contribution in [1.29, 1.82) is 0 Å². The topological polar surface area (TPSA) is 46.5 Å². The number of hydrogen-bond donors (Lipinski definition) is 1. The van der Waals surface area contributed by atoms with E-state index in [1.165, 1.54) is 0 Å². The van der Waals surface area contributed by atoms with Crippen molar-refractivity contribution in [3.8, 4) is 5.75 Å². The summed E-state index contributed by atoms with van der Waals surface area (Å²) in [5.74, 6) is -0.627. The third-order valence-electron chi connectivity index (χ3n) is 3.10. The quantitative estimate of drug-likeness (QED) is 0.814. The van der Waals surface area contributed by atoms with Crippen LogP contribution in [0.4, 0.5) is 0 Å². The molecule has 2 rings (SSSR count). The van der Waals surface area contributed by atoms with Crippen LogP contribution in [0.5, 0.6) is 5.75 Å². The van der Waals surface area contributed by atoms with Crippen molar-refractivity contribution in [2.75, 3.05) is 0 Å². The van der Waals surface area contributed by atoms with Crippen LogP contribution in [-0.2, 0) is 11.2 Å². The Morgan fingerprint density at radius 3 is 2.45 bits per heavy atom. The van der Waals surface area contributed by atoms with Crippen LogP contribution in [0.3, 0.4) is 0 Å². The lowest BCUT2D eigenvalue weighted by molar-refractivity contribution is -0.145. The number of rotatable bonds is 5. The molecule has 2 aromatic carbocycles. The summed E-state index contributed by atoms with van der Waals surface area (Å²) in [6.07, 6.45) is -0.924. The molecule has 0 radical (unpaired) electrons. The van der Waals surface area contributed by atoms with Gasteiger partial charge in [-0.15, -0.1) is 0 Å². The Morgan fingerprint density at radius 2 is 1.86 bits per heavy atom. The highest BCUT2D eigenvalue weighted by molar-refractivity contribution is 6.35. The van der Waals surface area contributed by atoms with Gasteiger partial charge in [-0.2, -0.15) is 0 Å². The summed E-state index contributed by atoms with van der Waals surface area (Å²) in [5, 5.41) is 10.8. The van der Waals surface area contributed by atoms with Crippen molar-refractivity contribution in [3.05, 3.63) is 62.6 Å². The Labute approximate surface area is 143 Å². The lowest BCUT2D eigenvalue weighted by Crippen LogP contribution is -2.29. The summed E-state index contributed by atoms with van der Waals surface area (Å²) in [6, 6.07) is 9.92. The second-order valence-corrected chi connectivity index (χ2v) is 6.05. The van der Waals surface area contributed by atoms with E-state index < -0.39 is 12.1 Å². The van der Waals surface area contributed by atoms with Gasteiger partial charge in [0.1, 0.15) is 5.75 Å². The molecule has 116 valence electrons. The van der Waals surface area contributed by atoms with Gasteiger partial charge < -0.3 is 9.84 Å². The molecule has 0 heterocycles. The molecule has 1 atom stereocenters. The zero-order valence-corrected chi connectivity index (χ0v) is 13.9. The zero-order valence-electron chi connectivity index (χ0n) is 11.6. The van der Waals surface area contributed by atoms with Crippen LogP contribution in [0.1, 0.15) is 11.1 Å². The molecule has 1 N–H and O–H groups in total. The lowest BCUT2D eigenvalue weighted by Gasteiger charge is -2.16. The van der Waals surface area contributed by atoms with E-state index in [0.717, 1.165) is 5.56 Å². The smallest absolute Gasteiger partial charge is 0.345 e. The molecule has 0 aliphatic heterocycles. The molecule has 0 fully saturated rings. The van der Waals surface area contributed by atoms with E-state index in [1.807, 2.05) is 6.92 Å². The van der Waals surface area contributed by atoms with Crippen LogP contribution in [0.15, 0.2) is 36.4 Å². The maximum atomic E-state index is 11.4. The van der Waals surface area contributed by atoms with Gasteiger partial charge in [0.15, 0.2) is 6.10 Å². The first-order chi connectivity index (χ1) is 10.4. The van der Waals surface area contributed by atoms with E-state index in [1.54, 1.807) is 36.4 Å². The van der Waals surface area contributed by atoms with E-state index in [9.17, 15) is 9.90 Å². The number of hydrogen-bond acceptors (Lipinski definition) is 2. The minimum absolute atomic E-state index is 0.132. The number of aryl methyl sites for hydroxylation is 1.